The average molecular weight is 346 g/mol. The van der Waals surface area contributed by atoms with E-state index in [0.717, 1.165) is 19.3 Å². The molecule has 0 atom stereocenters. The molecule has 6 heteroatoms. The maximum Gasteiger partial charge on any atom is 0.314 e. The minimum absolute atomic E-state index is 0.316. The van der Waals surface area contributed by atoms with Crippen molar-refractivity contribution in [1.82, 2.24) is 0 Å². The molecule has 0 spiro atoms. The maximum absolute atomic E-state index is 11.9. The first-order valence-electron chi connectivity index (χ1n) is 7.76. The van der Waals surface area contributed by atoms with Gasteiger partial charge in [0, 0.05) is 11.4 Å². The summed E-state index contributed by atoms with van der Waals surface area (Å²) >= 11 is 5.88. The van der Waals surface area contributed by atoms with Gasteiger partial charge >= 0.3 is 11.8 Å². The van der Waals surface area contributed by atoms with Crippen molar-refractivity contribution in [2.24, 2.45) is 0 Å². The lowest BCUT2D eigenvalue weighted by Gasteiger charge is -2.08. The number of amides is 2. The molecular formula is C18H20ClN3O2. The van der Waals surface area contributed by atoms with Gasteiger partial charge in [-0.1, -0.05) is 37.1 Å². The number of hydrogen-bond donors (Lipinski definition) is 3. The van der Waals surface area contributed by atoms with Gasteiger partial charge in [0.2, 0.25) is 0 Å². The Morgan fingerprint density at radius 3 is 2.17 bits per heavy atom. The third-order valence-electron chi connectivity index (χ3n) is 3.50. The molecule has 0 aromatic heterocycles. The lowest BCUT2D eigenvalue weighted by molar-refractivity contribution is -0.132. The predicted octanol–water partition coefficient (Wildman–Crippen LogP) is 3.84. The Morgan fingerprint density at radius 2 is 1.58 bits per heavy atom. The Morgan fingerprint density at radius 1 is 1.00 bits per heavy atom. The molecule has 2 aromatic carbocycles. The number of anilines is 3. The quantitative estimate of drug-likeness (QED) is 0.568. The van der Waals surface area contributed by atoms with E-state index in [1.807, 2.05) is 12.1 Å². The number of benzene rings is 2. The number of nitrogens with one attached hydrogen (secondary N) is 2. The lowest BCUT2D eigenvalue weighted by Crippen LogP contribution is -2.29. The van der Waals surface area contributed by atoms with E-state index < -0.39 is 11.8 Å². The van der Waals surface area contributed by atoms with E-state index in [1.54, 1.807) is 24.3 Å². The molecule has 2 amide bonds. The molecule has 0 bridgehead atoms. The van der Waals surface area contributed by atoms with Crippen LogP contribution in [0.2, 0.25) is 5.02 Å². The van der Waals surface area contributed by atoms with Gasteiger partial charge < -0.3 is 16.4 Å². The van der Waals surface area contributed by atoms with Crippen LogP contribution in [-0.4, -0.2) is 11.8 Å². The van der Waals surface area contributed by atoms with Gasteiger partial charge in [0.25, 0.3) is 0 Å². The average Bonchev–Trinajstić information content (AvgIpc) is 2.57. The number of hydrogen-bond acceptors (Lipinski definition) is 3. The summed E-state index contributed by atoms with van der Waals surface area (Å²) in [6.07, 6.45) is 3.26. The van der Waals surface area contributed by atoms with Crippen molar-refractivity contribution in [1.29, 1.82) is 0 Å². The van der Waals surface area contributed by atoms with Crippen LogP contribution in [0, 0.1) is 0 Å². The number of halogens is 1. The number of unbranched alkanes of at least 4 members (excludes halogenated alkanes) is 1. The van der Waals surface area contributed by atoms with E-state index in [4.69, 9.17) is 17.3 Å². The van der Waals surface area contributed by atoms with Crippen LogP contribution >= 0.6 is 11.6 Å². The van der Waals surface area contributed by atoms with Crippen molar-refractivity contribution < 1.29 is 9.59 Å². The molecule has 0 saturated carbocycles. The van der Waals surface area contributed by atoms with Gasteiger partial charge in [-0.25, -0.2) is 0 Å². The summed E-state index contributed by atoms with van der Waals surface area (Å²) in [5.74, 6) is -1.52. The minimum atomic E-state index is -0.772. The largest absolute Gasteiger partial charge is 0.398 e. The van der Waals surface area contributed by atoms with E-state index in [1.165, 1.54) is 11.6 Å². The summed E-state index contributed by atoms with van der Waals surface area (Å²) in [6.45, 7) is 2.14. The highest BCUT2D eigenvalue weighted by atomic mass is 35.5. The summed E-state index contributed by atoms with van der Waals surface area (Å²) in [4.78, 5) is 23.9. The first-order valence-corrected chi connectivity index (χ1v) is 8.13. The smallest absolute Gasteiger partial charge is 0.314 e. The third-order valence-corrected chi connectivity index (χ3v) is 3.82. The van der Waals surface area contributed by atoms with Gasteiger partial charge in [-0.05, 0) is 48.7 Å². The van der Waals surface area contributed by atoms with Gasteiger partial charge in [0.15, 0.2) is 0 Å². The Bertz CT molecular complexity index is 730. The van der Waals surface area contributed by atoms with Crippen LogP contribution in [0.5, 0.6) is 0 Å². The normalized spacial score (nSPS) is 10.2. The van der Waals surface area contributed by atoms with Gasteiger partial charge in [-0.15, -0.1) is 0 Å². The molecule has 4 N–H and O–H groups in total. The van der Waals surface area contributed by atoms with Gasteiger partial charge in [0.05, 0.1) is 10.7 Å². The number of rotatable bonds is 5. The van der Waals surface area contributed by atoms with Gasteiger partial charge in [-0.2, -0.15) is 0 Å². The highest BCUT2D eigenvalue weighted by molar-refractivity contribution is 6.43. The molecule has 0 aliphatic rings. The summed E-state index contributed by atoms with van der Waals surface area (Å²) < 4.78 is 0. The second-order valence-electron chi connectivity index (χ2n) is 5.45. The van der Waals surface area contributed by atoms with E-state index in [2.05, 4.69) is 17.6 Å². The molecule has 0 aliphatic carbocycles. The van der Waals surface area contributed by atoms with Crippen LogP contribution in [0.25, 0.3) is 0 Å². The monoisotopic (exact) mass is 345 g/mol. The number of aryl methyl sites for hydroxylation is 1. The second-order valence-corrected chi connectivity index (χ2v) is 5.85. The molecule has 5 nitrogen and oxygen atoms in total. The molecule has 0 fully saturated rings. The predicted molar refractivity (Wildman–Crippen MR) is 98.2 cm³/mol. The molecule has 2 rings (SSSR count). The van der Waals surface area contributed by atoms with E-state index in [-0.39, 0.29) is 0 Å². The standard InChI is InChI=1S/C18H20ClN3O2/c1-2-3-4-12-5-7-13(8-6-12)21-17(23)18(24)22-14-9-10-16(20)15(19)11-14/h5-11H,2-4,20H2,1H3,(H,21,23)(H,22,24). The third kappa shape index (κ3) is 4.99. The highest BCUT2D eigenvalue weighted by Crippen LogP contribution is 2.22. The van der Waals surface area contributed by atoms with Crippen LogP contribution < -0.4 is 16.4 Å². The Kier molecular flexibility index (Phi) is 6.21. The maximum atomic E-state index is 11.9. The first kappa shape index (κ1) is 17.8. The molecule has 0 aliphatic heterocycles. The SMILES string of the molecule is CCCCc1ccc(NC(=O)C(=O)Nc2ccc(N)c(Cl)c2)cc1. The molecule has 0 saturated heterocycles. The fraction of sp³-hybridized carbons (Fsp3) is 0.222. The van der Waals surface area contributed by atoms with Crippen LogP contribution in [-0.2, 0) is 16.0 Å². The zero-order valence-corrected chi connectivity index (χ0v) is 14.2. The molecule has 24 heavy (non-hydrogen) atoms. The summed E-state index contributed by atoms with van der Waals surface area (Å²) in [5.41, 5.74) is 8.19. The highest BCUT2D eigenvalue weighted by Gasteiger charge is 2.14. The number of nitrogen functional groups attached to an aromatic ring is 1. The van der Waals surface area contributed by atoms with E-state index in [0.29, 0.717) is 22.1 Å². The fourth-order valence-electron chi connectivity index (χ4n) is 2.12. The zero-order valence-electron chi connectivity index (χ0n) is 13.4. The summed E-state index contributed by atoms with van der Waals surface area (Å²) in [6, 6.07) is 12.1. The number of carbonyl (C=O) groups excluding carboxylic acids is 2. The molecule has 0 radical (unpaired) electrons. The first-order chi connectivity index (χ1) is 11.5. The topological polar surface area (TPSA) is 84.2 Å². The molecular weight excluding hydrogens is 326 g/mol. The van der Waals surface area contributed by atoms with Crippen molar-refractivity contribution in [3.8, 4) is 0 Å². The van der Waals surface area contributed by atoms with Crippen LogP contribution in [0.15, 0.2) is 42.5 Å². The van der Waals surface area contributed by atoms with Crippen molar-refractivity contribution in [2.45, 2.75) is 26.2 Å². The van der Waals surface area contributed by atoms with Gasteiger partial charge in [0.1, 0.15) is 0 Å². The molecule has 126 valence electrons. The van der Waals surface area contributed by atoms with E-state index >= 15 is 0 Å². The summed E-state index contributed by atoms with van der Waals surface area (Å²) in [5, 5.41) is 5.36. The van der Waals surface area contributed by atoms with E-state index in [9.17, 15) is 9.59 Å². The lowest BCUT2D eigenvalue weighted by atomic mass is 10.1. The zero-order chi connectivity index (χ0) is 17.5. The minimum Gasteiger partial charge on any atom is -0.398 e. The van der Waals surface area contributed by atoms with Crippen LogP contribution in [0.1, 0.15) is 25.3 Å². The Balaban J connectivity index is 1.93. The fourth-order valence-corrected chi connectivity index (χ4v) is 2.30. The molecule has 2 aromatic rings. The van der Waals surface area contributed by atoms with Gasteiger partial charge in [-0.3, -0.25) is 9.59 Å². The number of carbonyl (C=O) groups is 2. The van der Waals surface area contributed by atoms with Crippen LogP contribution in [0.3, 0.4) is 0 Å². The van der Waals surface area contributed by atoms with Crippen LogP contribution in [0.4, 0.5) is 17.1 Å². The summed E-state index contributed by atoms with van der Waals surface area (Å²) in [7, 11) is 0. The van der Waals surface area contributed by atoms with Crippen molar-refractivity contribution in [2.75, 3.05) is 16.4 Å². The molecule has 0 unspecified atom stereocenters. The number of nitrogens with two attached hydrogens (primary N) is 1. The molecule has 0 heterocycles. The van der Waals surface area contributed by atoms with Crippen molar-refractivity contribution in [3.63, 3.8) is 0 Å². The van der Waals surface area contributed by atoms with Crippen molar-refractivity contribution >= 4 is 40.5 Å². The Labute approximate surface area is 146 Å². The Hall–Kier alpha value is -2.53. The second kappa shape index (κ2) is 8.36. The van der Waals surface area contributed by atoms with Crippen molar-refractivity contribution in [3.05, 3.63) is 53.1 Å².